The largest absolute Gasteiger partial charge is 0.396 e. The van der Waals surface area contributed by atoms with Crippen LogP contribution in [0.3, 0.4) is 0 Å². The van der Waals surface area contributed by atoms with E-state index in [-0.39, 0.29) is 23.3 Å². The summed E-state index contributed by atoms with van der Waals surface area (Å²) in [7, 11) is 0. The summed E-state index contributed by atoms with van der Waals surface area (Å²) in [6.07, 6.45) is 5.17. The van der Waals surface area contributed by atoms with Crippen LogP contribution in [-0.2, 0) is 20.4 Å². The van der Waals surface area contributed by atoms with Crippen molar-refractivity contribution in [3.05, 3.63) is 35.4 Å². The van der Waals surface area contributed by atoms with Gasteiger partial charge in [0.15, 0.2) is 0 Å². The summed E-state index contributed by atoms with van der Waals surface area (Å²) in [6, 6.07) is 8.65. The highest BCUT2D eigenvalue weighted by molar-refractivity contribution is 5.88. The van der Waals surface area contributed by atoms with Crippen molar-refractivity contribution in [2.24, 2.45) is 5.41 Å². The first-order valence-corrected chi connectivity index (χ1v) is 9.89. The van der Waals surface area contributed by atoms with Gasteiger partial charge in [-0.3, -0.25) is 4.79 Å². The number of rotatable bonds is 5. The molecule has 26 heavy (non-hydrogen) atoms. The molecular formula is C22H33NO3. The van der Waals surface area contributed by atoms with Crippen LogP contribution < -0.4 is 5.32 Å². The van der Waals surface area contributed by atoms with E-state index in [9.17, 15) is 9.90 Å². The first-order chi connectivity index (χ1) is 12.3. The number of amides is 1. The molecule has 1 heterocycles. The summed E-state index contributed by atoms with van der Waals surface area (Å²) in [5, 5.41) is 12.8. The summed E-state index contributed by atoms with van der Waals surface area (Å²) in [6.45, 7) is 8.22. The van der Waals surface area contributed by atoms with Gasteiger partial charge in [-0.1, -0.05) is 64.3 Å². The molecular weight excluding hydrogens is 326 g/mol. The van der Waals surface area contributed by atoms with Crippen molar-refractivity contribution < 1.29 is 14.6 Å². The first kappa shape index (κ1) is 19.4. The minimum Gasteiger partial charge on any atom is -0.396 e. The van der Waals surface area contributed by atoms with Crippen molar-refractivity contribution in [3.63, 3.8) is 0 Å². The zero-order valence-electron chi connectivity index (χ0n) is 16.4. The number of carbonyl (C=O) groups excluding carboxylic acids is 1. The fourth-order valence-corrected chi connectivity index (χ4v) is 4.17. The lowest BCUT2D eigenvalue weighted by molar-refractivity contribution is -0.143. The summed E-state index contributed by atoms with van der Waals surface area (Å²) < 4.78 is 5.25. The van der Waals surface area contributed by atoms with Gasteiger partial charge in [0.1, 0.15) is 0 Å². The minimum atomic E-state index is -0.435. The van der Waals surface area contributed by atoms with Crippen molar-refractivity contribution in [1.29, 1.82) is 0 Å². The van der Waals surface area contributed by atoms with E-state index >= 15 is 0 Å². The molecule has 4 heteroatoms. The molecule has 1 aromatic carbocycles. The van der Waals surface area contributed by atoms with Crippen molar-refractivity contribution in [1.82, 2.24) is 5.32 Å². The molecule has 2 aliphatic rings. The maximum absolute atomic E-state index is 13.3. The average Bonchev–Trinajstić information content (AvgIpc) is 2.61. The molecule has 0 aromatic heterocycles. The van der Waals surface area contributed by atoms with Crippen molar-refractivity contribution in [3.8, 4) is 0 Å². The van der Waals surface area contributed by atoms with Gasteiger partial charge in [0.05, 0.1) is 30.7 Å². The Morgan fingerprint density at radius 2 is 1.73 bits per heavy atom. The number of carbonyl (C=O) groups is 1. The Morgan fingerprint density at radius 1 is 1.12 bits per heavy atom. The molecule has 1 saturated carbocycles. The molecule has 0 unspecified atom stereocenters. The zero-order valence-corrected chi connectivity index (χ0v) is 16.4. The molecule has 4 nitrogen and oxygen atoms in total. The molecule has 3 rings (SSSR count). The topological polar surface area (TPSA) is 58.6 Å². The monoisotopic (exact) mass is 359 g/mol. The van der Waals surface area contributed by atoms with Crippen LogP contribution in [0.25, 0.3) is 0 Å². The van der Waals surface area contributed by atoms with Gasteiger partial charge in [-0.15, -0.1) is 0 Å². The van der Waals surface area contributed by atoms with Crippen LogP contribution in [0.15, 0.2) is 24.3 Å². The predicted molar refractivity (Wildman–Crippen MR) is 103 cm³/mol. The van der Waals surface area contributed by atoms with Crippen LogP contribution in [0.5, 0.6) is 0 Å². The summed E-state index contributed by atoms with van der Waals surface area (Å²) in [5.74, 6) is 0.112. The molecule has 0 radical (unpaired) electrons. The van der Waals surface area contributed by atoms with E-state index in [1.165, 1.54) is 12.0 Å². The Bertz CT molecular complexity index is 614. The predicted octanol–water partition coefficient (Wildman–Crippen LogP) is 3.31. The van der Waals surface area contributed by atoms with E-state index < -0.39 is 5.41 Å². The third kappa shape index (κ3) is 3.67. The summed E-state index contributed by atoms with van der Waals surface area (Å²) >= 11 is 0. The van der Waals surface area contributed by atoms with Gasteiger partial charge in [0, 0.05) is 6.54 Å². The van der Waals surface area contributed by atoms with Crippen LogP contribution in [0.2, 0.25) is 0 Å². The lowest BCUT2D eigenvalue weighted by Gasteiger charge is -2.42. The van der Waals surface area contributed by atoms with E-state index in [1.807, 2.05) is 0 Å². The number of nitrogens with one attached hydrogen (secondary N) is 1. The first-order valence-electron chi connectivity index (χ1n) is 9.89. The fraction of sp³-hybridized carbons (Fsp3) is 0.682. The number of benzene rings is 1. The second kappa shape index (κ2) is 7.32. The number of hydrogen-bond acceptors (Lipinski definition) is 3. The Labute approximate surface area is 157 Å². The van der Waals surface area contributed by atoms with Gasteiger partial charge in [-0.25, -0.2) is 0 Å². The number of aliphatic hydroxyl groups excluding tert-OH is 1. The minimum absolute atomic E-state index is 0.0561. The SMILES string of the molecule is CC(C)(C)c1ccc(C2(C(=O)NCC3(CO)COC3)CCCCC2)cc1. The maximum atomic E-state index is 13.3. The number of aliphatic hydroxyl groups is 1. The second-order valence-corrected chi connectivity index (χ2v) is 9.30. The van der Waals surface area contributed by atoms with Gasteiger partial charge < -0.3 is 15.2 Å². The van der Waals surface area contributed by atoms with Crippen LogP contribution in [-0.4, -0.2) is 37.4 Å². The Hall–Kier alpha value is -1.39. The van der Waals surface area contributed by atoms with Gasteiger partial charge in [0.25, 0.3) is 0 Å². The highest BCUT2D eigenvalue weighted by Gasteiger charge is 2.44. The van der Waals surface area contributed by atoms with E-state index in [1.54, 1.807) is 0 Å². The van der Waals surface area contributed by atoms with E-state index in [0.717, 1.165) is 31.2 Å². The number of hydrogen-bond donors (Lipinski definition) is 2. The Balaban J connectivity index is 1.80. The van der Waals surface area contributed by atoms with Crippen molar-refractivity contribution in [2.45, 2.75) is 63.7 Å². The van der Waals surface area contributed by atoms with Crippen molar-refractivity contribution >= 4 is 5.91 Å². The van der Waals surface area contributed by atoms with Gasteiger partial charge >= 0.3 is 0 Å². The van der Waals surface area contributed by atoms with Gasteiger partial charge in [0.2, 0.25) is 5.91 Å². The van der Waals surface area contributed by atoms with E-state index in [0.29, 0.717) is 19.8 Å². The fourth-order valence-electron chi connectivity index (χ4n) is 4.17. The lowest BCUT2D eigenvalue weighted by atomic mass is 9.68. The average molecular weight is 360 g/mol. The normalized spacial score (nSPS) is 21.7. The molecule has 1 saturated heterocycles. The van der Waals surface area contributed by atoms with Crippen LogP contribution in [0.4, 0.5) is 0 Å². The number of ether oxygens (including phenoxy) is 1. The molecule has 144 valence electrons. The molecule has 0 atom stereocenters. The lowest BCUT2D eigenvalue weighted by Crippen LogP contribution is -2.56. The standard InChI is InChI=1S/C22H33NO3/c1-20(2,3)17-7-9-18(10-8-17)22(11-5-4-6-12-22)19(25)23-13-21(14-24)15-26-16-21/h7-10,24H,4-6,11-16H2,1-3H3,(H,23,25). The smallest absolute Gasteiger partial charge is 0.230 e. The molecule has 1 aliphatic carbocycles. The van der Waals surface area contributed by atoms with Gasteiger partial charge in [-0.2, -0.15) is 0 Å². The molecule has 0 spiro atoms. The summed E-state index contributed by atoms with van der Waals surface area (Å²) in [5.41, 5.74) is 1.81. The molecule has 0 bridgehead atoms. The molecule has 1 aliphatic heterocycles. The van der Waals surface area contributed by atoms with Crippen molar-refractivity contribution in [2.75, 3.05) is 26.4 Å². The third-order valence-electron chi connectivity index (χ3n) is 6.22. The highest BCUT2D eigenvalue weighted by Crippen LogP contribution is 2.40. The quantitative estimate of drug-likeness (QED) is 0.848. The van der Waals surface area contributed by atoms with Crippen LogP contribution >= 0.6 is 0 Å². The summed E-state index contributed by atoms with van der Waals surface area (Å²) in [4.78, 5) is 13.3. The van der Waals surface area contributed by atoms with Gasteiger partial charge in [-0.05, 0) is 29.4 Å². The Kier molecular flexibility index (Phi) is 5.45. The van der Waals surface area contributed by atoms with Crippen LogP contribution in [0.1, 0.15) is 64.0 Å². The van der Waals surface area contributed by atoms with E-state index in [4.69, 9.17) is 4.74 Å². The highest BCUT2D eigenvalue weighted by atomic mass is 16.5. The molecule has 2 N–H and O–H groups in total. The third-order valence-corrected chi connectivity index (χ3v) is 6.22. The zero-order chi connectivity index (χ0) is 18.8. The van der Waals surface area contributed by atoms with Crippen LogP contribution in [0, 0.1) is 5.41 Å². The molecule has 1 aromatic rings. The second-order valence-electron chi connectivity index (χ2n) is 9.30. The molecule has 2 fully saturated rings. The maximum Gasteiger partial charge on any atom is 0.230 e. The molecule has 1 amide bonds. The Morgan fingerprint density at radius 3 is 2.19 bits per heavy atom. The van der Waals surface area contributed by atoms with E-state index in [2.05, 4.69) is 50.4 Å².